The van der Waals surface area contributed by atoms with Gasteiger partial charge in [-0.2, -0.15) is 0 Å². The van der Waals surface area contributed by atoms with Gasteiger partial charge in [0.2, 0.25) is 0 Å². The number of aldehydes is 1. The van der Waals surface area contributed by atoms with E-state index in [0.29, 0.717) is 6.42 Å². The molecule has 0 saturated heterocycles. The molecule has 0 amide bonds. The zero-order chi connectivity index (χ0) is 7.56. The highest BCUT2D eigenvalue weighted by Gasteiger charge is 2.01. The van der Waals surface area contributed by atoms with Crippen LogP contribution >= 0.6 is 0 Å². The van der Waals surface area contributed by atoms with E-state index >= 15 is 0 Å². The van der Waals surface area contributed by atoms with Crippen LogP contribution in [0.4, 0.5) is 0 Å². The summed E-state index contributed by atoms with van der Waals surface area (Å²) in [6.45, 7) is 3.98. The van der Waals surface area contributed by atoms with Gasteiger partial charge in [0, 0.05) is 18.3 Å². The molecular formula is C8H11NO. The summed E-state index contributed by atoms with van der Waals surface area (Å²) in [5.74, 6) is 0. The third-order valence-electron chi connectivity index (χ3n) is 1.72. The lowest BCUT2D eigenvalue weighted by atomic mass is 10.1. The minimum absolute atomic E-state index is 0.529. The highest BCUT2D eigenvalue weighted by molar-refractivity contribution is 5.57. The molecule has 1 rings (SSSR count). The van der Waals surface area contributed by atoms with Crippen LogP contribution in [-0.2, 0) is 11.2 Å². The molecule has 1 N–H and O–H groups in total. The molecule has 2 heteroatoms. The molecule has 0 aliphatic rings. The van der Waals surface area contributed by atoms with Crippen LogP contribution < -0.4 is 0 Å². The Morgan fingerprint density at radius 3 is 2.70 bits per heavy atom. The van der Waals surface area contributed by atoms with Crippen molar-refractivity contribution in [3.63, 3.8) is 0 Å². The van der Waals surface area contributed by atoms with Crippen LogP contribution in [0.3, 0.4) is 0 Å². The van der Waals surface area contributed by atoms with Crippen LogP contribution in [0.15, 0.2) is 6.20 Å². The van der Waals surface area contributed by atoms with Crippen LogP contribution in [0.1, 0.15) is 16.8 Å². The summed E-state index contributed by atoms with van der Waals surface area (Å²) in [7, 11) is 0. The smallest absolute Gasteiger partial charge is 0.124 e. The summed E-state index contributed by atoms with van der Waals surface area (Å²) in [6, 6.07) is 0. The van der Waals surface area contributed by atoms with E-state index in [4.69, 9.17) is 0 Å². The van der Waals surface area contributed by atoms with Crippen molar-refractivity contribution in [3.05, 3.63) is 23.0 Å². The molecule has 10 heavy (non-hydrogen) atoms. The van der Waals surface area contributed by atoms with E-state index in [9.17, 15) is 4.79 Å². The summed E-state index contributed by atoms with van der Waals surface area (Å²) in [4.78, 5) is 13.2. The molecule has 0 spiro atoms. The van der Waals surface area contributed by atoms with Gasteiger partial charge in [0.25, 0.3) is 0 Å². The fraction of sp³-hybridized carbons (Fsp3) is 0.375. The van der Waals surface area contributed by atoms with Crippen molar-refractivity contribution in [2.45, 2.75) is 20.3 Å². The Morgan fingerprint density at radius 2 is 2.30 bits per heavy atom. The molecule has 0 aromatic carbocycles. The van der Waals surface area contributed by atoms with Gasteiger partial charge in [0.1, 0.15) is 6.29 Å². The highest BCUT2D eigenvalue weighted by atomic mass is 16.1. The fourth-order valence-corrected chi connectivity index (χ4v) is 1.08. The molecular weight excluding hydrogens is 126 g/mol. The molecule has 0 aliphatic carbocycles. The fourth-order valence-electron chi connectivity index (χ4n) is 1.08. The molecule has 0 atom stereocenters. The minimum Gasteiger partial charge on any atom is -0.365 e. The lowest BCUT2D eigenvalue weighted by Crippen LogP contribution is -1.88. The van der Waals surface area contributed by atoms with Crippen molar-refractivity contribution in [1.82, 2.24) is 4.98 Å². The van der Waals surface area contributed by atoms with E-state index in [-0.39, 0.29) is 0 Å². The molecule has 0 radical (unpaired) electrons. The first-order valence-corrected chi connectivity index (χ1v) is 3.32. The van der Waals surface area contributed by atoms with E-state index in [2.05, 4.69) is 4.98 Å². The summed E-state index contributed by atoms with van der Waals surface area (Å²) in [5, 5.41) is 0. The number of H-pyrrole nitrogens is 1. The lowest BCUT2D eigenvalue weighted by Gasteiger charge is -1.92. The van der Waals surface area contributed by atoms with Gasteiger partial charge in [0.05, 0.1) is 0 Å². The van der Waals surface area contributed by atoms with Gasteiger partial charge in [-0.15, -0.1) is 0 Å². The van der Waals surface area contributed by atoms with Crippen LogP contribution in [-0.4, -0.2) is 11.3 Å². The second-order valence-electron chi connectivity index (χ2n) is 2.45. The second-order valence-corrected chi connectivity index (χ2v) is 2.45. The number of nitrogens with one attached hydrogen (secondary N) is 1. The summed E-state index contributed by atoms with van der Waals surface area (Å²) >= 11 is 0. The number of aromatic nitrogens is 1. The Bertz CT molecular complexity index is 218. The van der Waals surface area contributed by atoms with Gasteiger partial charge in [-0.3, -0.25) is 0 Å². The maximum Gasteiger partial charge on any atom is 0.124 e. The van der Waals surface area contributed by atoms with Gasteiger partial charge in [0.15, 0.2) is 0 Å². The molecule has 1 aromatic heterocycles. The predicted octanol–water partition coefficient (Wildman–Crippen LogP) is 1.37. The molecule has 1 aromatic rings. The lowest BCUT2D eigenvalue weighted by molar-refractivity contribution is -0.107. The van der Waals surface area contributed by atoms with E-state index in [1.165, 1.54) is 5.56 Å². The first kappa shape index (κ1) is 7.06. The molecule has 0 unspecified atom stereocenters. The van der Waals surface area contributed by atoms with Crippen molar-refractivity contribution < 1.29 is 4.79 Å². The van der Waals surface area contributed by atoms with Crippen molar-refractivity contribution in [3.8, 4) is 0 Å². The molecule has 0 fully saturated rings. The second kappa shape index (κ2) is 2.69. The molecule has 2 nitrogen and oxygen atoms in total. The largest absolute Gasteiger partial charge is 0.365 e. The Kier molecular flexibility index (Phi) is 1.90. The number of aromatic amines is 1. The number of carbonyl (C=O) groups is 1. The topological polar surface area (TPSA) is 32.9 Å². The molecule has 54 valence electrons. The monoisotopic (exact) mass is 137 g/mol. The molecule has 0 aliphatic heterocycles. The van der Waals surface area contributed by atoms with Gasteiger partial charge < -0.3 is 9.78 Å². The number of carbonyl (C=O) groups excluding carboxylic acids is 1. The normalized spacial score (nSPS) is 9.80. The summed E-state index contributed by atoms with van der Waals surface area (Å²) in [5.41, 5.74) is 3.41. The maximum atomic E-state index is 10.2. The third kappa shape index (κ3) is 1.10. The standard InChI is InChI=1S/C8H11NO/c1-6-5-9-7(2)8(6)3-4-10/h4-5,9H,3H2,1-2H3. The average Bonchev–Trinajstić information content (AvgIpc) is 2.20. The molecule has 0 saturated carbocycles. The van der Waals surface area contributed by atoms with E-state index in [0.717, 1.165) is 17.5 Å². The minimum atomic E-state index is 0.529. The number of hydrogen-bond donors (Lipinski definition) is 1. The number of hydrogen-bond acceptors (Lipinski definition) is 1. The van der Waals surface area contributed by atoms with Gasteiger partial charge in [-0.25, -0.2) is 0 Å². The Hall–Kier alpha value is -1.05. The van der Waals surface area contributed by atoms with Crippen LogP contribution in [0.2, 0.25) is 0 Å². The zero-order valence-corrected chi connectivity index (χ0v) is 6.27. The van der Waals surface area contributed by atoms with Crippen molar-refractivity contribution >= 4 is 6.29 Å². The first-order chi connectivity index (χ1) is 4.75. The highest BCUT2D eigenvalue weighted by Crippen LogP contribution is 2.10. The van der Waals surface area contributed by atoms with Crippen molar-refractivity contribution in [2.24, 2.45) is 0 Å². The van der Waals surface area contributed by atoms with Gasteiger partial charge >= 0.3 is 0 Å². The number of rotatable bonds is 2. The van der Waals surface area contributed by atoms with Crippen LogP contribution in [0.5, 0.6) is 0 Å². The average molecular weight is 137 g/mol. The summed E-state index contributed by atoms with van der Waals surface area (Å²) < 4.78 is 0. The van der Waals surface area contributed by atoms with Crippen molar-refractivity contribution in [1.29, 1.82) is 0 Å². The number of aryl methyl sites for hydroxylation is 2. The van der Waals surface area contributed by atoms with Crippen molar-refractivity contribution in [2.75, 3.05) is 0 Å². The molecule has 0 bridgehead atoms. The predicted molar refractivity (Wildman–Crippen MR) is 40.0 cm³/mol. The Labute approximate surface area is 60.3 Å². The first-order valence-electron chi connectivity index (χ1n) is 3.32. The SMILES string of the molecule is Cc1c[nH]c(C)c1CC=O. The quantitative estimate of drug-likeness (QED) is 0.613. The third-order valence-corrected chi connectivity index (χ3v) is 1.72. The Morgan fingerprint density at radius 1 is 1.60 bits per heavy atom. The van der Waals surface area contributed by atoms with Crippen LogP contribution in [0.25, 0.3) is 0 Å². The van der Waals surface area contributed by atoms with Gasteiger partial charge in [-0.1, -0.05) is 0 Å². The van der Waals surface area contributed by atoms with E-state index < -0.39 is 0 Å². The van der Waals surface area contributed by atoms with E-state index in [1.807, 2.05) is 20.0 Å². The van der Waals surface area contributed by atoms with Crippen LogP contribution in [0, 0.1) is 13.8 Å². The van der Waals surface area contributed by atoms with Gasteiger partial charge in [-0.05, 0) is 25.0 Å². The zero-order valence-electron chi connectivity index (χ0n) is 6.27. The maximum absolute atomic E-state index is 10.2. The molecule has 1 heterocycles. The Balaban J connectivity index is 2.97. The summed E-state index contributed by atoms with van der Waals surface area (Å²) in [6.07, 6.45) is 3.39. The van der Waals surface area contributed by atoms with E-state index in [1.54, 1.807) is 0 Å².